The Morgan fingerprint density at radius 1 is 1.12 bits per heavy atom. The molecule has 0 aliphatic carbocycles. The third kappa shape index (κ3) is 4.85. The summed E-state index contributed by atoms with van der Waals surface area (Å²) in [7, 11) is 0. The van der Waals surface area contributed by atoms with Crippen LogP contribution in [0.25, 0.3) is 0 Å². The van der Waals surface area contributed by atoms with E-state index in [1.807, 2.05) is 11.8 Å². The monoisotopic (exact) mass is 369 g/mol. The van der Waals surface area contributed by atoms with Gasteiger partial charge in [-0.2, -0.15) is 11.8 Å². The van der Waals surface area contributed by atoms with Gasteiger partial charge in [-0.3, -0.25) is 0 Å². The molecule has 2 aliphatic heterocycles. The van der Waals surface area contributed by atoms with Gasteiger partial charge in [0, 0.05) is 18.8 Å². The Kier molecular flexibility index (Phi) is 6.53. The van der Waals surface area contributed by atoms with Crippen LogP contribution in [0, 0.1) is 11.6 Å². The van der Waals surface area contributed by atoms with Crippen LogP contribution in [-0.2, 0) is 0 Å². The first-order chi connectivity index (χ1) is 12.1. The highest BCUT2D eigenvalue weighted by Crippen LogP contribution is 2.22. The topological polar surface area (TPSA) is 35.6 Å². The van der Waals surface area contributed by atoms with Crippen LogP contribution in [-0.4, -0.2) is 59.6 Å². The summed E-state index contributed by atoms with van der Waals surface area (Å²) in [5, 5.41) is 2.45. The smallest absolute Gasteiger partial charge is 0.319 e. The van der Waals surface area contributed by atoms with E-state index >= 15 is 0 Å². The van der Waals surface area contributed by atoms with E-state index < -0.39 is 17.7 Å². The lowest BCUT2D eigenvalue weighted by Gasteiger charge is -2.35. The number of amides is 2. The van der Waals surface area contributed by atoms with Crippen LogP contribution < -0.4 is 5.32 Å². The molecular formula is C18H25F2N3OS. The lowest BCUT2D eigenvalue weighted by atomic mass is 10.1. The number of urea groups is 1. The molecular weight excluding hydrogens is 344 g/mol. The minimum Gasteiger partial charge on any atom is -0.319 e. The van der Waals surface area contributed by atoms with Crippen molar-refractivity contribution in [2.24, 2.45) is 0 Å². The number of anilines is 1. The quantitative estimate of drug-likeness (QED) is 0.881. The van der Waals surface area contributed by atoms with Gasteiger partial charge in [-0.1, -0.05) is 12.5 Å². The molecule has 2 aliphatic rings. The maximum absolute atomic E-state index is 13.8. The van der Waals surface area contributed by atoms with Gasteiger partial charge in [-0.25, -0.2) is 13.6 Å². The Morgan fingerprint density at radius 2 is 1.84 bits per heavy atom. The van der Waals surface area contributed by atoms with Gasteiger partial charge in [0.25, 0.3) is 0 Å². The third-order valence-electron chi connectivity index (χ3n) is 4.81. The minimum atomic E-state index is -0.745. The number of benzene rings is 1. The fourth-order valence-corrected chi connectivity index (χ4v) is 4.54. The Balaban J connectivity index is 1.70. The lowest BCUT2D eigenvalue weighted by Crippen LogP contribution is -2.50. The number of hydrogen-bond acceptors (Lipinski definition) is 3. The Bertz CT molecular complexity index is 575. The molecule has 2 saturated heterocycles. The van der Waals surface area contributed by atoms with Crippen LogP contribution in [0.1, 0.15) is 25.7 Å². The molecule has 1 unspecified atom stereocenters. The number of thioether (sulfide) groups is 1. The molecule has 138 valence electrons. The highest BCUT2D eigenvalue weighted by atomic mass is 32.2. The minimum absolute atomic E-state index is 0.0698. The van der Waals surface area contributed by atoms with Crippen molar-refractivity contribution in [2.75, 3.05) is 43.0 Å². The number of rotatable bonds is 3. The van der Waals surface area contributed by atoms with Gasteiger partial charge in [0.1, 0.15) is 17.3 Å². The van der Waals surface area contributed by atoms with Crippen molar-refractivity contribution in [1.82, 2.24) is 9.80 Å². The maximum atomic E-state index is 13.8. The van der Waals surface area contributed by atoms with Gasteiger partial charge in [-0.05, 0) is 50.2 Å². The van der Waals surface area contributed by atoms with Gasteiger partial charge in [0.15, 0.2) is 0 Å². The van der Waals surface area contributed by atoms with Crippen LogP contribution in [0.5, 0.6) is 0 Å². The molecule has 0 bridgehead atoms. The predicted octanol–water partition coefficient (Wildman–Crippen LogP) is 3.79. The molecule has 0 spiro atoms. The van der Waals surface area contributed by atoms with E-state index in [9.17, 15) is 13.6 Å². The zero-order chi connectivity index (χ0) is 17.6. The van der Waals surface area contributed by atoms with E-state index in [0.717, 1.165) is 49.7 Å². The molecule has 3 rings (SSSR count). The first kappa shape index (κ1) is 18.5. The Morgan fingerprint density at radius 3 is 2.56 bits per heavy atom. The Hall–Kier alpha value is -1.34. The SMILES string of the molecule is O=C(Nc1c(F)cccc1F)N1CCCSCC1CN1CCCCC1. The first-order valence-corrected chi connectivity index (χ1v) is 10.1. The van der Waals surface area contributed by atoms with Crippen LogP contribution >= 0.6 is 11.8 Å². The molecule has 0 aromatic heterocycles. The van der Waals surface area contributed by atoms with E-state index in [1.165, 1.54) is 25.3 Å². The van der Waals surface area contributed by atoms with Crippen molar-refractivity contribution in [3.05, 3.63) is 29.8 Å². The van der Waals surface area contributed by atoms with Crippen LogP contribution in [0.2, 0.25) is 0 Å². The molecule has 1 atom stereocenters. The average Bonchev–Trinajstić information content (AvgIpc) is 2.84. The average molecular weight is 369 g/mol. The van der Waals surface area contributed by atoms with Crippen molar-refractivity contribution in [3.63, 3.8) is 0 Å². The number of halogens is 2. The van der Waals surface area contributed by atoms with Crippen molar-refractivity contribution < 1.29 is 13.6 Å². The van der Waals surface area contributed by atoms with Crippen molar-refractivity contribution >= 4 is 23.5 Å². The van der Waals surface area contributed by atoms with Gasteiger partial charge in [-0.15, -0.1) is 0 Å². The summed E-state index contributed by atoms with van der Waals surface area (Å²) in [4.78, 5) is 16.9. The molecule has 0 saturated carbocycles. The maximum Gasteiger partial charge on any atom is 0.322 e. The molecule has 25 heavy (non-hydrogen) atoms. The number of para-hydroxylation sites is 1. The first-order valence-electron chi connectivity index (χ1n) is 8.97. The fraction of sp³-hybridized carbons (Fsp3) is 0.611. The van der Waals surface area contributed by atoms with E-state index in [-0.39, 0.29) is 11.7 Å². The highest BCUT2D eigenvalue weighted by molar-refractivity contribution is 7.99. The summed E-state index contributed by atoms with van der Waals surface area (Å²) < 4.78 is 27.7. The van der Waals surface area contributed by atoms with Crippen LogP contribution in [0.3, 0.4) is 0 Å². The summed E-state index contributed by atoms with van der Waals surface area (Å²) in [6, 6.07) is 3.26. The second-order valence-corrected chi connectivity index (χ2v) is 7.81. The van der Waals surface area contributed by atoms with Crippen molar-refractivity contribution in [3.8, 4) is 0 Å². The summed E-state index contributed by atoms with van der Waals surface area (Å²) in [6.45, 7) is 3.59. The number of carbonyl (C=O) groups excluding carboxylic acids is 1. The number of carbonyl (C=O) groups is 1. The number of nitrogens with one attached hydrogen (secondary N) is 1. The summed E-state index contributed by atoms with van der Waals surface area (Å²) in [6.07, 6.45) is 4.57. The Labute approximate surface area is 151 Å². The largest absolute Gasteiger partial charge is 0.322 e. The predicted molar refractivity (Wildman–Crippen MR) is 98.1 cm³/mol. The van der Waals surface area contributed by atoms with Gasteiger partial charge < -0.3 is 15.1 Å². The normalized spacial score (nSPS) is 22.5. The third-order valence-corrected chi connectivity index (χ3v) is 6.01. The summed E-state index contributed by atoms with van der Waals surface area (Å²) >= 11 is 1.85. The van der Waals surface area contributed by atoms with E-state index in [2.05, 4.69) is 10.2 Å². The van der Waals surface area contributed by atoms with Gasteiger partial charge >= 0.3 is 6.03 Å². The number of likely N-dealkylation sites (tertiary alicyclic amines) is 1. The van der Waals surface area contributed by atoms with E-state index in [0.29, 0.717) is 6.54 Å². The highest BCUT2D eigenvalue weighted by Gasteiger charge is 2.29. The zero-order valence-electron chi connectivity index (χ0n) is 14.3. The molecule has 0 radical (unpaired) electrons. The molecule has 2 heterocycles. The van der Waals surface area contributed by atoms with Crippen LogP contribution in [0.15, 0.2) is 18.2 Å². The molecule has 2 amide bonds. The second-order valence-electron chi connectivity index (χ2n) is 6.66. The fourth-order valence-electron chi connectivity index (χ4n) is 3.48. The van der Waals surface area contributed by atoms with Crippen LogP contribution in [0.4, 0.5) is 19.3 Å². The second kappa shape index (κ2) is 8.85. The molecule has 1 N–H and O–H groups in total. The van der Waals surface area contributed by atoms with E-state index in [1.54, 1.807) is 4.90 Å². The van der Waals surface area contributed by atoms with Crippen molar-refractivity contribution in [1.29, 1.82) is 0 Å². The lowest BCUT2D eigenvalue weighted by molar-refractivity contribution is 0.151. The molecule has 1 aromatic carbocycles. The van der Waals surface area contributed by atoms with Gasteiger partial charge in [0.2, 0.25) is 0 Å². The summed E-state index contributed by atoms with van der Waals surface area (Å²) in [5.74, 6) is 0.383. The molecule has 2 fully saturated rings. The zero-order valence-corrected chi connectivity index (χ0v) is 15.2. The van der Waals surface area contributed by atoms with Crippen molar-refractivity contribution in [2.45, 2.75) is 31.7 Å². The van der Waals surface area contributed by atoms with Gasteiger partial charge in [0.05, 0.1) is 6.04 Å². The molecule has 1 aromatic rings. The number of hydrogen-bond donors (Lipinski definition) is 1. The number of nitrogens with zero attached hydrogens (tertiary/aromatic N) is 2. The number of piperidine rings is 1. The molecule has 7 heteroatoms. The summed E-state index contributed by atoms with van der Waals surface area (Å²) in [5.41, 5.74) is -0.360. The van der Waals surface area contributed by atoms with E-state index in [4.69, 9.17) is 0 Å². The molecule has 4 nitrogen and oxygen atoms in total. The standard InChI is InChI=1S/C18H25F2N3OS/c19-15-6-4-7-16(20)17(15)21-18(24)23-10-5-11-25-13-14(23)12-22-8-2-1-3-9-22/h4,6-7,14H,1-3,5,8-13H2,(H,21,24).